The lowest BCUT2D eigenvalue weighted by Crippen LogP contribution is -2.38. The van der Waals surface area contributed by atoms with Crippen LogP contribution in [0.15, 0.2) is 30.3 Å². The average molecular weight is 340 g/mol. The monoisotopic (exact) mass is 340 g/mol. The Morgan fingerprint density at radius 3 is 2.80 bits per heavy atom. The summed E-state index contributed by atoms with van der Waals surface area (Å²) < 4.78 is 11.8. The maximum atomic E-state index is 6.12. The predicted octanol–water partition coefficient (Wildman–Crippen LogP) is 3.96. The van der Waals surface area contributed by atoms with Crippen molar-refractivity contribution in [2.75, 3.05) is 31.2 Å². The lowest BCUT2D eigenvalue weighted by Gasteiger charge is -2.34. The molecule has 2 fully saturated rings. The molecule has 0 N–H and O–H groups in total. The molecule has 1 unspecified atom stereocenters. The van der Waals surface area contributed by atoms with Crippen LogP contribution in [0.2, 0.25) is 0 Å². The molecule has 3 heterocycles. The Balaban J connectivity index is 1.42. The van der Waals surface area contributed by atoms with E-state index in [0.29, 0.717) is 12.2 Å². The number of pyridine rings is 1. The lowest BCUT2D eigenvalue weighted by atomic mass is 10.0. The minimum Gasteiger partial charge on any atom is -0.376 e. The first-order valence-corrected chi connectivity index (χ1v) is 9.70. The van der Waals surface area contributed by atoms with Crippen molar-refractivity contribution < 1.29 is 9.47 Å². The number of fused-ring (bicyclic) bond motifs is 1. The Labute approximate surface area is 150 Å². The van der Waals surface area contributed by atoms with Gasteiger partial charge < -0.3 is 14.4 Å². The summed E-state index contributed by atoms with van der Waals surface area (Å²) in [6, 6.07) is 10.8. The van der Waals surface area contributed by atoms with Gasteiger partial charge in [0.05, 0.1) is 24.3 Å². The van der Waals surface area contributed by atoms with E-state index in [1.54, 1.807) is 0 Å². The highest BCUT2D eigenvalue weighted by atomic mass is 16.5. The van der Waals surface area contributed by atoms with Crippen molar-refractivity contribution in [3.63, 3.8) is 0 Å². The van der Waals surface area contributed by atoms with E-state index in [2.05, 4.69) is 42.2 Å². The van der Waals surface area contributed by atoms with Gasteiger partial charge in [0.2, 0.25) is 0 Å². The van der Waals surface area contributed by atoms with Gasteiger partial charge >= 0.3 is 0 Å². The van der Waals surface area contributed by atoms with Crippen molar-refractivity contribution >= 4 is 16.6 Å². The molecule has 4 rings (SSSR count). The molecule has 0 saturated carbocycles. The van der Waals surface area contributed by atoms with E-state index >= 15 is 0 Å². The Morgan fingerprint density at radius 2 is 2.04 bits per heavy atom. The summed E-state index contributed by atoms with van der Waals surface area (Å²) in [7, 11) is 0. The zero-order chi connectivity index (χ0) is 17.1. The third-order valence-corrected chi connectivity index (χ3v) is 5.43. The van der Waals surface area contributed by atoms with E-state index in [9.17, 15) is 0 Å². The van der Waals surface area contributed by atoms with Gasteiger partial charge in [0, 0.05) is 36.5 Å². The highest BCUT2D eigenvalue weighted by Gasteiger charge is 2.24. The summed E-state index contributed by atoms with van der Waals surface area (Å²) in [4.78, 5) is 7.28. The Kier molecular flexibility index (Phi) is 5.18. The number of anilines is 1. The van der Waals surface area contributed by atoms with Gasteiger partial charge in [-0.1, -0.05) is 25.1 Å². The maximum Gasteiger partial charge on any atom is 0.0809 e. The molecule has 1 atom stereocenters. The van der Waals surface area contributed by atoms with E-state index in [1.807, 2.05) is 0 Å². The van der Waals surface area contributed by atoms with Crippen LogP contribution in [-0.2, 0) is 15.9 Å². The number of benzene rings is 1. The normalized spacial score (nSPS) is 22.0. The van der Waals surface area contributed by atoms with Crippen LogP contribution in [0.5, 0.6) is 0 Å². The molecule has 0 bridgehead atoms. The number of hydrogen-bond donors (Lipinski definition) is 0. The Hall–Kier alpha value is -1.65. The van der Waals surface area contributed by atoms with Gasteiger partial charge in [0.15, 0.2) is 0 Å². The Bertz CT molecular complexity index is 704. The van der Waals surface area contributed by atoms with E-state index in [-0.39, 0.29) is 0 Å². The maximum absolute atomic E-state index is 6.12. The third-order valence-electron chi connectivity index (χ3n) is 5.43. The second kappa shape index (κ2) is 7.71. The van der Waals surface area contributed by atoms with Crippen LogP contribution in [0.3, 0.4) is 0 Å². The van der Waals surface area contributed by atoms with Gasteiger partial charge in [0.1, 0.15) is 0 Å². The van der Waals surface area contributed by atoms with Crippen LogP contribution in [0.25, 0.3) is 10.9 Å². The lowest BCUT2D eigenvalue weighted by molar-refractivity contribution is -0.0280. The fourth-order valence-electron chi connectivity index (χ4n) is 3.94. The van der Waals surface area contributed by atoms with Crippen LogP contribution in [0.1, 0.15) is 38.3 Å². The molecule has 0 spiro atoms. The molecule has 1 aromatic carbocycles. The second-order valence-electron chi connectivity index (χ2n) is 7.16. The number of rotatable bonds is 5. The SMILES string of the molecule is CCc1cc(N2CCC(OCC3CCCO3)CC2)c2ccccc2n1. The van der Waals surface area contributed by atoms with Gasteiger partial charge in [-0.05, 0) is 44.2 Å². The standard InChI is InChI=1S/C21H28N2O2/c1-2-16-14-21(19-7-3-4-8-20(19)22-16)23-11-9-17(10-12-23)25-15-18-6-5-13-24-18/h3-4,7-8,14,17-18H,2,5-6,9-13,15H2,1H3. The molecule has 0 aliphatic carbocycles. The first kappa shape index (κ1) is 16.8. The number of para-hydroxylation sites is 1. The largest absolute Gasteiger partial charge is 0.376 e. The van der Waals surface area contributed by atoms with Crippen molar-refractivity contribution in [2.45, 2.75) is 51.2 Å². The quantitative estimate of drug-likeness (QED) is 0.825. The second-order valence-corrected chi connectivity index (χ2v) is 7.16. The highest BCUT2D eigenvalue weighted by molar-refractivity contribution is 5.92. The number of aromatic nitrogens is 1. The van der Waals surface area contributed by atoms with Gasteiger partial charge in [-0.3, -0.25) is 4.98 Å². The molecule has 2 aliphatic rings. The van der Waals surface area contributed by atoms with E-state index < -0.39 is 0 Å². The number of aryl methyl sites for hydroxylation is 1. The van der Waals surface area contributed by atoms with Crippen LogP contribution in [0, 0.1) is 0 Å². The summed E-state index contributed by atoms with van der Waals surface area (Å²) >= 11 is 0. The zero-order valence-electron chi connectivity index (χ0n) is 15.1. The van der Waals surface area contributed by atoms with Crippen molar-refractivity contribution in [1.82, 2.24) is 4.98 Å². The van der Waals surface area contributed by atoms with E-state index in [0.717, 1.165) is 57.5 Å². The van der Waals surface area contributed by atoms with Gasteiger partial charge in [-0.2, -0.15) is 0 Å². The number of ether oxygens (including phenoxy) is 2. The van der Waals surface area contributed by atoms with Crippen molar-refractivity contribution in [2.24, 2.45) is 0 Å². The zero-order valence-corrected chi connectivity index (χ0v) is 15.1. The molecule has 4 heteroatoms. The summed E-state index contributed by atoms with van der Waals surface area (Å²) in [6.45, 7) is 5.94. The van der Waals surface area contributed by atoms with Crippen LogP contribution in [0.4, 0.5) is 5.69 Å². The summed E-state index contributed by atoms with van der Waals surface area (Å²) in [5, 5.41) is 1.26. The molecule has 1 aromatic heterocycles. The molecule has 4 nitrogen and oxygen atoms in total. The minimum atomic E-state index is 0.328. The molecule has 2 aromatic rings. The highest BCUT2D eigenvalue weighted by Crippen LogP contribution is 2.30. The first-order chi connectivity index (χ1) is 12.3. The average Bonchev–Trinajstić information content (AvgIpc) is 3.19. The number of hydrogen-bond acceptors (Lipinski definition) is 4. The fourth-order valence-corrected chi connectivity index (χ4v) is 3.94. The molecule has 134 valence electrons. The first-order valence-electron chi connectivity index (χ1n) is 9.70. The number of piperidine rings is 1. The Morgan fingerprint density at radius 1 is 1.20 bits per heavy atom. The van der Waals surface area contributed by atoms with Crippen LogP contribution < -0.4 is 4.90 Å². The molecule has 0 radical (unpaired) electrons. The van der Waals surface area contributed by atoms with Crippen molar-refractivity contribution in [3.8, 4) is 0 Å². The fraction of sp³-hybridized carbons (Fsp3) is 0.571. The van der Waals surface area contributed by atoms with Crippen molar-refractivity contribution in [1.29, 1.82) is 0 Å². The molecule has 25 heavy (non-hydrogen) atoms. The summed E-state index contributed by atoms with van der Waals surface area (Å²) in [6.07, 6.45) is 6.19. The van der Waals surface area contributed by atoms with E-state index in [4.69, 9.17) is 14.5 Å². The van der Waals surface area contributed by atoms with Gasteiger partial charge in [-0.15, -0.1) is 0 Å². The van der Waals surface area contributed by atoms with Crippen LogP contribution in [-0.4, -0.2) is 43.5 Å². The van der Waals surface area contributed by atoms with E-state index in [1.165, 1.54) is 23.2 Å². The third kappa shape index (κ3) is 3.80. The molecular formula is C21H28N2O2. The molecule has 2 aliphatic heterocycles. The number of nitrogens with zero attached hydrogens (tertiary/aromatic N) is 2. The molecule has 2 saturated heterocycles. The molecule has 0 amide bonds. The van der Waals surface area contributed by atoms with Gasteiger partial charge in [0.25, 0.3) is 0 Å². The van der Waals surface area contributed by atoms with Crippen LogP contribution >= 0.6 is 0 Å². The van der Waals surface area contributed by atoms with Crippen molar-refractivity contribution in [3.05, 3.63) is 36.0 Å². The predicted molar refractivity (Wildman–Crippen MR) is 101 cm³/mol. The summed E-state index contributed by atoms with van der Waals surface area (Å²) in [5.74, 6) is 0. The topological polar surface area (TPSA) is 34.6 Å². The molecular weight excluding hydrogens is 312 g/mol. The minimum absolute atomic E-state index is 0.328. The summed E-state index contributed by atoms with van der Waals surface area (Å²) in [5.41, 5.74) is 3.61. The smallest absolute Gasteiger partial charge is 0.0809 e. The van der Waals surface area contributed by atoms with Gasteiger partial charge in [-0.25, -0.2) is 0 Å².